The van der Waals surface area contributed by atoms with Crippen LogP contribution in [0.3, 0.4) is 0 Å². The molecule has 1 aliphatic heterocycles. The van der Waals surface area contributed by atoms with Gasteiger partial charge in [0, 0.05) is 0 Å². The van der Waals surface area contributed by atoms with Crippen LogP contribution in [-0.4, -0.2) is 110 Å². The summed E-state index contributed by atoms with van der Waals surface area (Å²) in [6, 6.07) is -1.16. The summed E-state index contributed by atoms with van der Waals surface area (Å²) in [6.07, 6.45) is 41.5. The molecule has 11 heteroatoms. The smallest absolute Gasteiger partial charge is 0.249 e. The van der Waals surface area contributed by atoms with Crippen LogP contribution in [0.4, 0.5) is 0 Å². The molecule has 0 bridgehead atoms. The lowest BCUT2D eigenvalue weighted by molar-refractivity contribution is -0.303. The molecule has 406 valence electrons. The first kappa shape index (κ1) is 65.1. The molecule has 1 heterocycles. The molecule has 68 heavy (non-hydrogen) atoms. The van der Waals surface area contributed by atoms with Gasteiger partial charge in [0.1, 0.15) is 36.6 Å². The molecular weight excluding hydrogens is 859 g/mol. The summed E-state index contributed by atoms with van der Waals surface area (Å²) in [5, 5.41) is 76.2. The number of rotatable bonds is 51. The molecule has 9 atom stereocenters. The average Bonchev–Trinajstić information content (AvgIpc) is 3.34. The molecule has 0 aromatic rings. The molecule has 9 unspecified atom stereocenters. The molecular formula is C57H113NO10. The summed E-state index contributed by atoms with van der Waals surface area (Å²) in [7, 11) is 0. The predicted octanol–water partition coefficient (Wildman–Crippen LogP) is 12.2. The van der Waals surface area contributed by atoms with Crippen molar-refractivity contribution < 1.29 is 50.0 Å². The van der Waals surface area contributed by atoms with Gasteiger partial charge in [-0.2, -0.15) is 0 Å². The summed E-state index contributed by atoms with van der Waals surface area (Å²) < 4.78 is 11.2. The summed E-state index contributed by atoms with van der Waals surface area (Å²) in [6.45, 7) is 3.50. The Morgan fingerprint density at radius 3 is 1.09 bits per heavy atom. The fourth-order valence-corrected chi connectivity index (χ4v) is 9.86. The van der Waals surface area contributed by atoms with Gasteiger partial charge in [-0.1, -0.05) is 277 Å². The molecule has 11 nitrogen and oxygen atoms in total. The molecule has 1 rings (SSSR count). The maximum atomic E-state index is 13.2. The Hall–Kier alpha value is -0.890. The Kier molecular flexibility index (Phi) is 45.1. The number of carbonyl (C=O) groups is 1. The number of aliphatic hydroxyl groups excluding tert-OH is 7. The molecule has 0 aromatic carbocycles. The summed E-state index contributed by atoms with van der Waals surface area (Å²) in [5.41, 5.74) is 0. The lowest BCUT2D eigenvalue weighted by Gasteiger charge is -2.40. The third-order valence-electron chi connectivity index (χ3n) is 14.7. The van der Waals surface area contributed by atoms with Crippen molar-refractivity contribution in [1.29, 1.82) is 0 Å². The van der Waals surface area contributed by atoms with Crippen molar-refractivity contribution in [1.82, 2.24) is 5.32 Å². The van der Waals surface area contributed by atoms with E-state index in [0.717, 1.165) is 38.5 Å². The van der Waals surface area contributed by atoms with E-state index in [-0.39, 0.29) is 6.42 Å². The van der Waals surface area contributed by atoms with Gasteiger partial charge >= 0.3 is 0 Å². The van der Waals surface area contributed by atoms with E-state index in [0.29, 0.717) is 19.3 Å². The van der Waals surface area contributed by atoms with E-state index in [9.17, 15) is 40.5 Å². The van der Waals surface area contributed by atoms with Crippen molar-refractivity contribution in [2.45, 2.75) is 345 Å². The van der Waals surface area contributed by atoms with E-state index < -0.39 is 74.2 Å². The standard InChI is InChI=1S/C57H113NO10/c1-3-5-7-9-11-13-15-17-19-21-23-24-25-26-27-29-30-32-34-36-38-40-42-44-49(60)52(62)48(47-67-57-55(65)54(64)53(63)51(46-59)68-57)58-56(66)50(61)45-43-41-39-37-35-33-31-28-22-20-18-16-14-12-10-8-6-4-2/h48-55,57,59-65H,3-47H2,1-2H3,(H,58,66). The van der Waals surface area contributed by atoms with Crippen molar-refractivity contribution in [2.24, 2.45) is 0 Å². The highest BCUT2D eigenvalue weighted by Crippen LogP contribution is 2.24. The SMILES string of the molecule is CCCCCCCCCCCCCCCCCCCCCCCCCC(O)C(O)C(COC1OC(CO)C(O)C(O)C1O)NC(=O)C(O)CCCCCCCCCCCCCCCCCCCC. The number of ether oxygens (including phenoxy) is 2. The molecule has 0 aromatic heterocycles. The predicted molar refractivity (Wildman–Crippen MR) is 280 cm³/mol. The quantitative estimate of drug-likeness (QED) is 0.0272. The van der Waals surface area contributed by atoms with E-state index in [1.807, 2.05) is 0 Å². The fourth-order valence-electron chi connectivity index (χ4n) is 9.86. The third kappa shape index (κ3) is 35.3. The van der Waals surface area contributed by atoms with Crippen LogP contribution in [0.2, 0.25) is 0 Å². The van der Waals surface area contributed by atoms with E-state index >= 15 is 0 Å². The van der Waals surface area contributed by atoms with Gasteiger partial charge in [0.15, 0.2) is 6.29 Å². The topological polar surface area (TPSA) is 189 Å². The minimum atomic E-state index is -1.66. The van der Waals surface area contributed by atoms with Crippen molar-refractivity contribution in [3.63, 3.8) is 0 Å². The lowest BCUT2D eigenvalue weighted by Crippen LogP contribution is -2.60. The van der Waals surface area contributed by atoms with Crippen LogP contribution >= 0.6 is 0 Å². The van der Waals surface area contributed by atoms with Crippen molar-refractivity contribution in [2.75, 3.05) is 13.2 Å². The van der Waals surface area contributed by atoms with Crippen LogP contribution in [0, 0.1) is 0 Å². The van der Waals surface area contributed by atoms with Crippen molar-refractivity contribution in [3.8, 4) is 0 Å². The van der Waals surface area contributed by atoms with Gasteiger partial charge in [-0.15, -0.1) is 0 Å². The van der Waals surface area contributed by atoms with Gasteiger partial charge in [-0.05, 0) is 12.8 Å². The number of hydrogen-bond acceptors (Lipinski definition) is 10. The van der Waals surface area contributed by atoms with E-state index in [2.05, 4.69) is 19.2 Å². The Morgan fingerprint density at radius 2 is 0.765 bits per heavy atom. The first-order valence-corrected chi connectivity index (χ1v) is 29.4. The highest BCUT2D eigenvalue weighted by molar-refractivity contribution is 5.80. The molecule has 1 aliphatic rings. The van der Waals surface area contributed by atoms with Crippen LogP contribution in [0.15, 0.2) is 0 Å². The van der Waals surface area contributed by atoms with Gasteiger partial charge in [-0.25, -0.2) is 0 Å². The average molecular weight is 973 g/mol. The Bertz CT molecular complexity index is 1070. The van der Waals surface area contributed by atoms with Crippen LogP contribution < -0.4 is 5.32 Å². The second kappa shape index (κ2) is 47.1. The van der Waals surface area contributed by atoms with Crippen LogP contribution in [0.1, 0.15) is 290 Å². The molecule has 0 spiro atoms. The number of nitrogens with one attached hydrogen (secondary N) is 1. The van der Waals surface area contributed by atoms with Gasteiger partial charge in [0.25, 0.3) is 0 Å². The van der Waals surface area contributed by atoms with Crippen LogP contribution in [-0.2, 0) is 14.3 Å². The molecule has 8 N–H and O–H groups in total. The second-order valence-corrected chi connectivity index (χ2v) is 21.1. The highest BCUT2D eigenvalue weighted by Gasteiger charge is 2.44. The molecule has 0 radical (unpaired) electrons. The molecule has 0 aliphatic carbocycles. The van der Waals surface area contributed by atoms with Crippen molar-refractivity contribution >= 4 is 5.91 Å². The first-order valence-electron chi connectivity index (χ1n) is 29.4. The molecule has 1 saturated heterocycles. The summed E-state index contributed by atoms with van der Waals surface area (Å²) >= 11 is 0. The Labute approximate surface area is 418 Å². The Balaban J connectivity index is 2.29. The number of hydrogen-bond donors (Lipinski definition) is 8. The normalized spacial score (nSPS) is 20.4. The highest BCUT2D eigenvalue weighted by atomic mass is 16.7. The molecule has 1 amide bonds. The fraction of sp³-hybridized carbons (Fsp3) is 0.982. The zero-order chi connectivity index (χ0) is 49.7. The molecule has 0 saturated carbocycles. The zero-order valence-corrected chi connectivity index (χ0v) is 44.4. The lowest BCUT2D eigenvalue weighted by atomic mass is 9.98. The Morgan fingerprint density at radius 1 is 0.456 bits per heavy atom. The molecule has 1 fully saturated rings. The van der Waals surface area contributed by atoms with Gasteiger partial charge < -0.3 is 50.5 Å². The van der Waals surface area contributed by atoms with Crippen LogP contribution in [0.25, 0.3) is 0 Å². The van der Waals surface area contributed by atoms with E-state index in [4.69, 9.17) is 9.47 Å². The first-order chi connectivity index (χ1) is 33.2. The van der Waals surface area contributed by atoms with Gasteiger partial charge in [-0.3, -0.25) is 4.79 Å². The number of unbranched alkanes of at least 4 members (excludes halogenated alkanes) is 39. The number of carbonyl (C=O) groups excluding carboxylic acids is 1. The maximum Gasteiger partial charge on any atom is 0.249 e. The zero-order valence-electron chi connectivity index (χ0n) is 44.4. The minimum absolute atomic E-state index is 0.267. The number of aliphatic hydroxyl groups is 7. The summed E-state index contributed by atoms with van der Waals surface area (Å²) in [5.74, 6) is -0.690. The maximum absolute atomic E-state index is 13.2. The van der Waals surface area contributed by atoms with Crippen LogP contribution in [0.5, 0.6) is 0 Å². The van der Waals surface area contributed by atoms with Gasteiger partial charge in [0.05, 0.1) is 25.4 Å². The van der Waals surface area contributed by atoms with E-state index in [1.165, 1.54) is 212 Å². The largest absolute Gasteiger partial charge is 0.394 e. The minimum Gasteiger partial charge on any atom is -0.394 e. The number of amides is 1. The second-order valence-electron chi connectivity index (χ2n) is 21.1. The third-order valence-corrected chi connectivity index (χ3v) is 14.7. The van der Waals surface area contributed by atoms with Crippen molar-refractivity contribution in [3.05, 3.63) is 0 Å². The van der Waals surface area contributed by atoms with Gasteiger partial charge in [0.2, 0.25) is 5.91 Å². The van der Waals surface area contributed by atoms with E-state index in [1.54, 1.807) is 0 Å². The monoisotopic (exact) mass is 972 g/mol. The summed E-state index contributed by atoms with van der Waals surface area (Å²) in [4.78, 5) is 13.2.